The summed E-state index contributed by atoms with van der Waals surface area (Å²) in [7, 11) is -3.69. The number of amides is 2. The Kier molecular flexibility index (Phi) is 8.51. The average Bonchev–Trinajstić information content (AvgIpc) is 2.64. The molecule has 0 aliphatic carbocycles. The van der Waals surface area contributed by atoms with Crippen molar-refractivity contribution in [3.63, 3.8) is 0 Å². The van der Waals surface area contributed by atoms with Crippen molar-refractivity contribution in [1.82, 2.24) is 5.32 Å². The fraction of sp³-hybridized carbons (Fsp3) is 0.263. The van der Waals surface area contributed by atoms with Crippen LogP contribution in [-0.2, 0) is 20.6 Å². The minimum absolute atomic E-state index is 0.284. The number of rotatable bonds is 9. The Balaban J connectivity index is 2.13. The third-order valence-corrected chi connectivity index (χ3v) is 5.62. The number of anilines is 1. The fourth-order valence-electron chi connectivity index (χ4n) is 2.59. The molecule has 2 aromatic rings. The van der Waals surface area contributed by atoms with Gasteiger partial charge < -0.3 is 10.6 Å². The van der Waals surface area contributed by atoms with E-state index in [2.05, 4.69) is 10.6 Å². The van der Waals surface area contributed by atoms with Crippen molar-refractivity contribution >= 4 is 50.9 Å². The summed E-state index contributed by atoms with van der Waals surface area (Å²) in [6.07, 6.45) is 2.32. The first-order valence-corrected chi connectivity index (χ1v) is 12.1. The molecule has 29 heavy (non-hydrogen) atoms. The van der Waals surface area contributed by atoms with Crippen molar-refractivity contribution in [2.75, 3.05) is 17.3 Å². The predicted octanol–water partition coefficient (Wildman–Crippen LogP) is 2.62. The maximum atomic E-state index is 12.8. The molecule has 156 valence electrons. The average molecular weight is 456 g/mol. The number of hydrogen-bond acceptors (Lipinski definition) is 5. The molecule has 2 amide bonds. The zero-order valence-electron chi connectivity index (χ0n) is 15.7. The summed E-state index contributed by atoms with van der Waals surface area (Å²) in [6, 6.07) is 12.2. The fourth-order valence-corrected chi connectivity index (χ4v) is 3.92. The Labute approximate surface area is 179 Å². The second kappa shape index (κ2) is 10.6. The maximum absolute atomic E-state index is 12.8. The van der Waals surface area contributed by atoms with Crippen LogP contribution in [0.5, 0.6) is 0 Å². The standard InChI is InChI=1S/C19H22ClN3O4S2/c1-28-10-9-17(23-18(24)15-7-2-3-8-16(15)20)19(25)22-14-6-4-5-13(11-14)12-29(21,26)27/h2-8,11,17H,9-10,12H2,1H3,(H,22,25)(H,23,24)(H2,21,26,27). The van der Waals surface area contributed by atoms with Crippen molar-refractivity contribution in [1.29, 1.82) is 0 Å². The van der Waals surface area contributed by atoms with E-state index in [-0.39, 0.29) is 11.3 Å². The topological polar surface area (TPSA) is 118 Å². The molecule has 2 rings (SSSR count). The molecule has 0 aromatic heterocycles. The van der Waals surface area contributed by atoms with Gasteiger partial charge in [-0.25, -0.2) is 13.6 Å². The molecule has 0 aliphatic rings. The lowest BCUT2D eigenvalue weighted by molar-refractivity contribution is -0.118. The molecule has 0 fully saturated rings. The molecular weight excluding hydrogens is 434 g/mol. The highest BCUT2D eigenvalue weighted by molar-refractivity contribution is 7.98. The molecule has 1 unspecified atom stereocenters. The first kappa shape index (κ1) is 23.2. The minimum Gasteiger partial charge on any atom is -0.340 e. The lowest BCUT2D eigenvalue weighted by Gasteiger charge is -2.19. The first-order chi connectivity index (χ1) is 13.7. The summed E-state index contributed by atoms with van der Waals surface area (Å²) in [5.74, 6) is -0.533. The lowest BCUT2D eigenvalue weighted by Crippen LogP contribution is -2.44. The molecule has 1 atom stereocenters. The molecule has 0 spiro atoms. The van der Waals surface area contributed by atoms with Crippen LogP contribution in [0.3, 0.4) is 0 Å². The molecule has 0 saturated carbocycles. The Morgan fingerprint density at radius 3 is 2.55 bits per heavy atom. The Morgan fingerprint density at radius 1 is 1.17 bits per heavy atom. The van der Waals surface area contributed by atoms with E-state index >= 15 is 0 Å². The quantitative estimate of drug-likeness (QED) is 0.537. The van der Waals surface area contributed by atoms with Gasteiger partial charge in [-0.2, -0.15) is 11.8 Å². The molecule has 4 N–H and O–H groups in total. The van der Waals surface area contributed by atoms with Gasteiger partial charge in [-0.1, -0.05) is 35.9 Å². The van der Waals surface area contributed by atoms with Gasteiger partial charge in [-0.3, -0.25) is 9.59 Å². The zero-order chi connectivity index (χ0) is 21.4. The van der Waals surface area contributed by atoms with E-state index in [1.807, 2.05) is 6.26 Å². The molecule has 0 saturated heterocycles. The Morgan fingerprint density at radius 2 is 1.90 bits per heavy atom. The van der Waals surface area contributed by atoms with Crippen LogP contribution >= 0.6 is 23.4 Å². The Bertz CT molecular complexity index is 983. The summed E-state index contributed by atoms with van der Waals surface area (Å²) in [4.78, 5) is 25.3. The number of carbonyl (C=O) groups is 2. The number of nitrogens with two attached hydrogens (primary N) is 1. The maximum Gasteiger partial charge on any atom is 0.253 e. The van der Waals surface area contributed by atoms with Crippen LogP contribution in [0.25, 0.3) is 0 Å². The number of thioether (sulfide) groups is 1. The third-order valence-electron chi connectivity index (χ3n) is 3.91. The largest absolute Gasteiger partial charge is 0.340 e. The van der Waals surface area contributed by atoms with Crippen LogP contribution in [0.4, 0.5) is 5.69 Å². The van der Waals surface area contributed by atoms with Gasteiger partial charge >= 0.3 is 0 Å². The van der Waals surface area contributed by atoms with Gasteiger partial charge in [0.05, 0.1) is 16.3 Å². The monoisotopic (exact) mass is 455 g/mol. The summed E-state index contributed by atoms with van der Waals surface area (Å²) in [5, 5.41) is 10.8. The van der Waals surface area contributed by atoms with Crippen LogP contribution in [-0.4, -0.2) is 38.3 Å². The van der Waals surface area contributed by atoms with E-state index in [0.717, 1.165) is 0 Å². The predicted molar refractivity (Wildman–Crippen MR) is 118 cm³/mol. The van der Waals surface area contributed by atoms with Crippen LogP contribution in [0.15, 0.2) is 48.5 Å². The second-order valence-electron chi connectivity index (χ2n) is 6.28. The van der Waals surface area contributed by atoms with E-state index < -0.39 is 27.9 Å². The molecule has 2 aromatic carbocycles. The number of benzene rings is 2. The lowest BCUT2D eigenvalue weighted by atomic mass is 10.1. The van der Waals surface area contributed by atoms with Crippen LogP contribution < -0.4 is 15.8 Å². The van der Waals surface area contributed by atoms with Gasteiger partial charge in [0.25, 0.3) is 5.91 Å². The molecular formula is C19H22ClN3O4S2. The molecule has 7 nitrogen and oxygen atoms in total. The van der Waals surface area contributed by atoms with E-state index in [0.29, 0.717) is 28.4 Å². The second-order valence-corrected chi connectivity index (χ2v) is 9.29. The zero-order valence-corrected chi connectivity index (χ0v) is 18.1. The molecule has 0 bridgehead atoms. The van der Waals surface area contributed by atoms with Gasteiger partial charge in [-0.15, -0.1) is 0 Å². The minimum atomic E-state index is -3.69. The summed E-state index contributed by atoms with van der Waals surface area (Å²) < 4.78 is 22.5. The smallest absolute Gasteiger partial charge is 0.253 e. The van der Waals surface area contributed by atoms with Crippen LogP contribution in [0, 0.1) is 0 Å². The summed E-state index contributed by atoms with van der Waals surface area (Å²) in [5.41, 5.74) is 1.15. The van der Waals surface area contributed by atoms with Crippen molar-refractivity contribution < 1.29 is 18.0 Å². The van der Waals surface area contributed by atoms with E-state index in [1.165, 1.54) is 6.07 Å². The highest BCUT2D eigenvalue weighted by atomic mass is 35.5. The number of carbonyl (C=O) groups excluding carboxylic acids is 2. The Hall–Kier alpha value is -2.07. The van der Waals surface area contributed by atoms with Gasteiger partial charge in [0.2, 0.25) is 15.9 Å². The molecule has 0 radical (unpaired) electrons. The van der Waals surface area contributed by atoms with Gasteiger partial charge in [0.1, 0.15) is 6.04 Å². The van der Waals surface area contributed by atoms with Crippen molar-refractivity contribution in [3.05, 3.63) is 64.7 Å². The molecule has 10 heteroatoms. The SMILES string of the molecule is CSCCC(NC(=O)c1ccccc1Cl)C(=O)Nc1cccc(CS(N)(=O)=O)c1. The van der Waals surface area contributed by atoms with E-state index in [4.69, 9.17) is 16.7 Å². The van der Waals surface area contributed by atoms with Gasteiger partial charge in [0, 0.05) is 5.69 Å². The highest BCUT2D eigenvalue weighted by Gasteiger charge is 2.22. The van der Waals surface area contributed by atoms with Crippen molar-refractivity contribution in [2.45, 2.75) is 18.2 Å². The summed E-state index contributed by atoms with van der Waals surface area (Å²) in [6.45, 7) is 0. The molecule has 0 heterocycles. The summed E-state index contributed by atoms with van der Waals surface area (Å²) >= 11 is 7.61. The van der Waals surface area contributed by atoms with Crippen LogP contribution in [0.2, 0.25) is 5.02 Å². The van der Waals surface area contributed by atoms with Gasteiger partial charge in [-0.05, 0) is 48.3 Å². The normalized spacial score (nSPS) is 12.2. The van der Waals surface area contributed by atoms with E-state index in [9.17, 15) is 18.0 Å². The van der Waals surface area contributed by atoms with Gasteiger partial charge in [0.15, 0.2) is 0 Å². The first-order valence-electron chi connectivity index (χ1n) is 8.64. The third kappa shape index (κ3) is 7.69. The molecule has 0 aliphatic heterocycles. The number of hydrogen-bond donors (Lipinski definition) is 3. The number of nitrogens with one attached hydrogen (secondary N) is 2. The van der Waals surface area contributed by atoms with Crippen molar-refractivity contribution in [2.24, 2.45) is 5.14 Å². The van der Waals surface area contributed by atoms with E-state index in [1.54, 1.807) is 54.2 Å². The number of sulfonamides is 1. The highest BCUT2D eigenvalue weighted by Crippen LogP contribution is 2.16. The van der Waals surface area contributed by atoms with Crippen molar-refractivity contribution in [3.8, 4) is 0 Å². The van der Waals surface area contributed by atoms with Crippen LogP contribution in [0.1, 0.15) is 22.3 Å². The number of primary sulfonamides is 1. The number of halogens is 1.